The van der Waals surface area contributed by atoms with Gasteiger partial charge in [-0.3, -0.25) is 4.79 Å². The highest BCUT2D eigenvalue weighted by Gasteiger charge is 2.31. The molecule has 1 fully saturated rings. The third-order valence-corrected chi connectivity index (χ3v) is 7.27. The maximum atomic E-state index is 13.4. The summed E-state index contributed by atoms with van der Waals surface area (Å²) in [6.45, 7) is 3.66. The van der Waals surface area contributed by atoms with Crippen molar-refractivity contribution in [1.29, 1.82) is 0 Å². The van der Waals surface area contributed by atoms with E-state index in [9.17, 15) is 4.79 Å². The number of amides is 1. The normalized spacial score (nSPS) is 17.7. The Morgan fingerprint density at radius 2 is 1.68 bits per heavy atom. The third-order valence-electron chi connectivity index (χ3n) is 7.27. The Labute approximate surface area is 226 Å². The molecule has 0 radical (unpaired) electrons. The number of benzene rings is 2. The van der Waals surface area contributed by atoms with Crippen molar-refractivity contribution in [3.63, 3.8) is 0 Å². The number of halogens is 1. The van der Waals surface area contributed by atoms with Gasteiger partial charge in [-0.05, 0) is 91.2 Å². The maximum Gasteiger partial charge on any atom is 0.227 e. The number of hydrogen-bond donors (Lipinski definition) is 0. The second-order valence-electron chi connectivity index (χ2n) is 9.45. The van der Waals surface area contributed by atoms with E-state index in [1.165, 1.54) is 0 Å². The molecule has 1 amide bonds. The topological polar surface area (TPSA) is 60.5 Å². The van der Waals surface area contributed by atoms with Gasteiger partial charge in [0.05, 0.1) is 34.9 Å². The van der Waals surface area contributed by atoms with Gasteiger partial charge in [0.25, 0.3) is 0 Å². The van der Waals surface area contributed by atoms with E-state index in [0.717, 1.165) is 58.7 Å². The molecule has 200 valence electrons. The molecule has 1 saturated heterocycles. The maximum absolute atomic E-state index is 13.4. The van der Waals surface area contributed by atoms with Gasteiger partial charge < -0.3 is 28.7 Å². The number of rotatable bonds is 8. The smallest absolute Gasteiger partial charge is 0.227 e. The largest absolute Gasteiger partial charge is 0.497 e. The van der Waals surface area contributed by atoms with Gasteiger partial charge in [0.15, 0.2) is 11.5 Å². The molecule has 1 aliphatic heterocycles. The zero-order valence-electron chi connectivity index (χ0n) is 22.7. The monoisotopic (exact) mass is 528 g/mol. The summed E-state index contributed by atoms with van der Waals surface area (Å²) in [5, 5.41) is 0. The minimum absolute atomic E-state index is 0. The average molecular weight is 529 g/mol. The summed E-state index contributed by atoms with van der Waals surface area (Å²) in [4.78, 5) is 17.5. The molecule has 37 heavy (non-hydrogen) atoms. The number of nitrogens with zero attached hydrogens (tertiary/aromatic N) is 2. The van der Waals surface area contributed by atoms with Gasteiger partial charge in [0.2, 0.25) is 11.7 Å². The molecule has 7 nitrogen and oxygen atoms in total. The van der Waals surface area contributed by atoms with Crippen molar-refractivity contribution in [2.24, 2.45) is 0 Å². The first kappa shape index (κ1) is 28.4. The molecular weight excluding hydrogens is 492 g/mol. The van der Waals surface area contributed by atoms with Crippen LogP contribution >= 0.6 is 12.4 Å². The van der Waals surface area contributed by atoms with Crippen LogP contribution in [0, 0.1) is 0 Å². The molecule has 0 N–H and O–H groups in total. The molecule has 2 aliphatic rings. The second-order valence-corrected chi connectivity index (χ2v) is 9.45. The van der Waals surface area contributed by atoms with Crippen LogP contribution in [0.25, 0.3) is 17.2 Å². The lowest BCUT2D eigenvalue weighted by Crippen LogP contribution is -2.34. The van der Waals surface area contributed by atoms with Crippen LogP contribution < -0.4 is 18.9 Å². The van der Waals surface area contributed by atoms with Crippen molar-refractivity contribution < 1.29 is 23.7 Å². The van der Waals surface area contributed by atoms with Gasteiger partial charge in [-0.25, -0.2) is 0 Å². The standard InChI is InChI=1S/C29H36N2O5.ClH/c1-18-23(12-19-13-26(34-5)29(36-7)27(14-19)35-6)22-9-8-21(33-4)15-25(22)24(18)16-28(32)31-11-10-20(17-31)30(2)3;/h8-9,12-15,20H,10-11,16-17H2,1-7H3;1H/b23-12-;/t20-;/m1./s1. The third kappa shape index (κ3) is 5.58. The molecule has 2 aromatic rings. The zero-order valence-corrected chi connectivity index (χ0v) is 23.5. The van der Waals surface area contributed by atoms with Crippen LogP contribution in [0.3, 0.4) is 0 Å². The van der Waals surface area contributed by atoms with Gasteiger partial charge in [-0.1, -0.05) is 6.07 Å². The van der Waals surface area contributed by atoms with Crippen molar-refractivity contribution in [1.82, 2.24) is 9.80 Å². The van der Waals surface area contributed by atoms with Crippen molar-refractivity contribution in [2.45, 2.75) is 25.8 Å². The fraction of sp³-hybridized carbons (Fsp3) is 0.414. The first-order valence-corrected chi connectivity index (χ1v) is 12.2. The molecule has 0 aromatic heterocycles. The van der Waals surface area contributed by atoms with Crippen molar-refractivity contribution in [3.8, 4) is 23.0 Å². The summed E-state index contributed by atoms with van der Waals surface area (Å²) in [6.07, 6.45) is 3.48. The lowest BCUT2D eigenvalue weighted by molar-refractivity contribution is -0.129. The molecule has 0 bridgehead atoms. The number of carbonyl (C=O) groups is 1. The predicted octanol–water partition coefficient (Wildman–Crippen LogP) is 5.02. The van der Waals surface area contributed by atoms with E-state index in [1.54, 1.807) is 28.4 Å². The Morgan fingerprint density at radius 1 is 1.00 bits per heavy atom. The van der Waals surface area contributed by atoms with E-state index < -0.39 is 0 Å². The Kier molecular flexibility index (Phi) is 9.16. The van der Waals surface area contributed by atoms with Crippen LogP contribution in [0.5, 0.6) is 23.0 Å². The molecular formula is C29H37ClN2O5. The number of fused-ring (bicyclic) bond motifs is 1. The molecule has 1 atom stereocenters. The van der Waals surface area contributed by atoms with Gasteiger partial charge >= 0.3 is 0 Å². The quantitative estimate of drug-likeness (QED) is 0.479. The predicted molar refractivity (Wildman–Crippen MR) is 150 cm³/mol. The molecule has 4 rings (SSSR count). The summed E-state index contributed by atoms with van der Waals surface area (Å²) in [6, 6.07) is 10.3. The minimum Gasteiger partial charge on any atom is -0.497 e. The summed E-state index contributed by atoms with van der Waals surface area (Å²) >= 11 is 0. The average Bonchev–Trinajstić information content (AvgIpc) is 3.48. The van der Waals surface area contributed by atoms with Crippen molar-refractivity contribution in [2.75, 3.05) is 55.6 Å². The molecule has 8 heteroatoms. The Balaban J connectivity index is 0.00000380. The molecule has 0 spiro atoms. The number of likely N-dealkylation sites (tertiary alicyclic amines) is 1. The summed E-state index contributed by atoms with van der Waals surface area (Å²) in [5.41, 5.74) is 6.24. The fourth-order valence-electron chi connectivity index (χ4n) is 5.12. The van der Waals surface area contributed by atoms with Gasteiger partial charge in [-0.15, -0.1) is 12.4 Å². The van der Waals surface area contributed by atoms with Gasteiger partial charge in [-0.2, -0.15) is 0 Å². The van der Waals surface area contributed by atoms with E-state index in [0.29, 0.717) is 29.7 Å². The van der Waals surface area contributed by atoms with Crippen molar-refractivity contribution in [3.05, 3.63) is 52.6 Å². The highest BCUT2D eigenvalue weighted by molar-refractivity contribution is 6.08. The zero-order chi connectivity index (χ0) is 26.0. The SMILES string of the molecule is COc1ccc2c(c1)C(CC(=O)N1CC[C@@H](N(C)C)C1)=C(C)/C2=C/c1cc(OC)c(OC)c(OC)c1.Cl. The fourth-order valence-corrected chi connectivity index (χ4v) is 5.12. The number of carbonyl (C=O) groups excluding carboxylic acids is 1. The first-order valence-electron chi connectivity index (χ1n) is 12.2. The number of allylic oxidation sites excluding steroid dienone is 2. The lowest BCUT2D eigenvalue weighted by atomic mass is 10.00. The highest BCUT2D eigenvalue weighted by atomic mass is 35.5. The van der Waals surface area contributed by atoms with Gasteiger partial charge in [0.1, 0.15) is 5.75 Å². The first-order chi connectivity index (χ1) is 17.3. The van der Waals surface area contributed by atoms with Crippen molar-refractivity contribution >= 4 is 35.5 Å². The van der Waals surface area contributed by atoms with Crippen LogP contribution in [0.4, 0.5) is 0 Å². The number of methoxy groups -OCH3 is 4. The van der Waals surface area contributed by atoms with Crippen LogP contribution in [-0.4, -0.2) is 77.4 Å². The Bertz CT molecular complexity index is 1200. The van der Waals surface area contributed by atoms with Crippen LogP contribution in [0.1, 0.15) is 36.5 Å². The second kappa shape index (κ2) is 11.9. The molecule has 0 unspecified atom stereocenters. The molecule has 0 saturated carbocycles. The number of hydrogen-bond acceptors (Lipinski definition) is 6. The van der Waals surface area contributed by atoms with E-state index >= 15 is 0 Å². The molecule has 1 aliphatic carbocycles. The number of likely N-dealkylation sites (N-methyl/N-ethyl adjacent to an activating group) is 1. The lowest BCUT2D eigenvalue weighted by Gasteiger charge is -2.21. The summed E-state index contributed by atoms with van der Waals surface area (Å²) in [5.74, 6) is 2.68. The van der Waals surface area contributed by atoms with Crippen LogP contribution in [0.2, 0.25) is 0 Å². The summed E-state index contributed by atoms with van der Waals surface area (Å²) in [7, 11) is 10.6. The van der Waals surface area contributed by atoms with Crippen LogP contribution in [-0.2, 0) is 4.79 Å². The van der Waals surface area contributed by atoms with Gasteiger partial charge in [0, 0.05) is 19.1 Å². The summed E-state index contributed by atoms with van der Waals surface area (Å²) < 4.78 is 22.1. The van der Waals surface area contributed by atoms with Crippen LogP contribution in [0.15, 0.2) is 35.9 Å². The Morgan fingerprint density at radius 3 is 2.22 bits per heavy atom. The number of ether oxygens (including phenoxy) is 4. The van der Waals surface area contributed by atoms with E-state index in [4.69, 9.17) is 18.9 Å². The van der Waals surface area contributed by atoms with E-state index in [2.05, 4.69) is 38.1 Å². The molecule has 1 heterocycles. The highest BCUT2D eigenvalue weighted by Crippen LogP contribution is 2.46. The Hall–Kier alpha value is -3.16. The minimum atomic E-state index is 0. The van der Waals surface area contributed by atoms with E-state index in [-0.39, 0.29) is 18.3 Å². The van der Waals surface area contributed by atoms with E-state index in [1.807, 2.05) is 29.2 Å². The molecule has 2 aromatic carbocycles.